The SMILES string of the molecule is Nc1cc2c(cc1NCCC1CCCCO1)CCC(=O)N2. The van der Waals surface area contributed by atoms with E-state index in [-0.39, 0.29) is 5.91 Å². The molecule has 21 heavy (non-hydrogen) atoms. The van der Waals surface area contributed by atoms with Gasteiger partial charge in [0.15, 0.2) is 0 Å². The summed E-state index contributed by atoms with van der Waals surface area (Å²) in [5, 5.41) is 6.27. The molecule has 1 amide bonds. The Morgan fingerprint density at radius 2 is 2.24 bits per heavy atom. The second-order valence-electron chi connectivity index (χ2n) is 5.85. The second kappa shape index (κ2) is 6.35. The maximum absolute atomic E-state index is 11.4. The van der Waals surface area contributed by atoms with Gasteiger partial charge in [-0.3, -0.25) is 4.79 Å². The highest BCUT2D eigenvalue weighted by Crippen LogP contribution is 2.31. The van der Waals surface area contributed by atoms with Crippen molar-refractivity contribution in [2.75, 3.05) is 29.5 Å². The smallest absolute Gasteiger partial charge is 0.224 e. The zero-order valence-corrected chi connectivity index (χ0v) is 12.3. The molecule has 1 saturated heterocycles. The molecular weight excluding hydrogens is 266 g/mol. The van der Waals surface area contributed by atoms with E-state index in [9.17, 15) is 4.79 Å². The van der Waals surface area contributed by atoms with Gasteiger partial charge in [-0.1, -0.05) is 0 Å². The predicted octanol–water partition coefficient (Wildman–Crippen LogP) is 2.52. The Labute approximate surface area is 125 Å². The van der Waals surface area contributed by atoms with Crippen molar-refractivity contribution in [3.05, 3.63) is 17.7 Å². The van der Waals surface area contributed by atoms with Gasteiger partial charge in [0.2, 0.25) is 5.91 Å². The molecule has 4 N–H and O–H groups in total. The molecule has 1 fully saturated rings. The van der Waals surface area contributed by atoms with E-state index < -0.39 is 0 Å². The Balaban J connectivity index is 1.59. The van der Waals surface area contributed by atoms with E-state index in [1.807, 2.05) is 6.07 Å². The van der Waals surface area contributed by atoms with Crippen LogP contribution in [0.25, 0.3) is 0 Å². The molecule has 5 nitrogen and oxygen atoms in total. The van der Waals surface area contributed by atoms with Gasteiger partial charge in [-0.15, -0.1) is 0 Å². The van der Waals surface area contributed by atoms with Crippen LogP contribution in [0.5, 0.6) is 0 Å². The third-order valence-electron chi connectivity index (χ3n) is 4.23. The third kappa shape index (κ3) is 3.47. The number of nitrogens with two attached hydrogens (primary N) is 1. The summed E-state index contributed by atoms with van der Waals surface area (Å²) in [5.74, 6) is 0.0667. The standard InChI is InChI=1S/C16H23N3O2/c17-13-10-14-11(4-5-16(20)19-14)9-15(13)18-7-6-12-3-1-2-8-21-12/h9-10,12,18H,1-8,17H2,(H,19,20). The van der Waals surface area contributed by atoms with Crippen molar-refractivity contribution in [2.45, 2.75) is 44.6 Å². The number of amides is 1. The average molecular weight is 289 g/mol. The van der Waals surface area contributed by atoms with Crippen LogP contribution in [-0.4, -0.2) is 25.2 Å². The maximum atomic E-state index is 11.4. The fourth-order valence-corrected chi connectivity index (χ4v) is 3.00. The van der Waals surface area contributed by atoms with Crippen LogP contribution in [0.3, 0.4) is 0 Å². The summed E-state index contributed by atoms with van der Waals surface area (Å²) in [6.07, 6.45) is 6.33. The monoisotopic (exact) mass is 289 g/mol. The molecule has 1 aromatic carbocycles. The average Bonchev–Trinajstić information content (AvgIpc) is 2.49. The zero-order valence-electron chi connectivity index (χ0n) is 12.3. The van der Waals surface area contributed by atoms with Crippen molar-refractivity contribution >= 4 is 23.0 Å². The first-order chi connectivity index (χ1) is 10.2. The van der Waals surface area contributed by atoms with E-state index in [0.717, 1.165) is 49.4 Å². The van der Waals surface area contributed by atoms with E-state index in [1.54, 1.807) is 0 Å². The number of ether oxygens (including phenoxy) is 1. The molecule has 1 atom stereocenters. The topological polar surface area (TPSA) is 76.4 Å². The number of carbonyl (C=O) groups excluding carboxylic acids is 1. The van der Waals surface area contributed by atoms with Crippen molar-refractivity contribution in [1.29, 1.82) is 0 Å². The molecule has 2 aliphatic rings. The molecule has 0 aromatic heterocycles. The fraction of sp³-hybridized carbons (Fsp3) is 0.562. The molecule has 0 aliphatic carbocycles. The van der Waals surface area contributed by atoms with Crippen LogP contribution < -0.4 is 16.4 Å². The van der Waals surface area contributed by atoms with Crippen molar-refractivity contribution in [2.24, 2.45) is 0 Å². The van der Waals surface area contributed by atoms with E-state index in [1.165, 1.54) is 12.8 Å². The minimum Gasteiger partial charge on any atom is -0.397 e. The molecule has 2 heterocycles. The molecule has 114 valence electrons. The lowest BCUT2D eigenvalue weighted by Crippen LogP contribution is -2.22. The molecule has 0 bridgehead atoms. The van der Waals surface area contributed by atoms with Crippen molar-refractivity contribution in [3.8, 4) is 0 Å². The van der Waals surface area contributed by atoms with Gasteiger partial charge in [-0.2, -0.15) is 0 Å². The van der Waals surface area contributed by atoms with Crippen molar-refractivity contribution < 1.29 is 9.53 Å². The summed E-state index contributed by atoms with van der Waals surface area (Å²) in [6, 6.07) is 3.91. The largest absolute Gasteiger partial charge is 0.397 e. The number of hydrogen-bond acceptors (Lipinski definition) is 4. The van der Waals surface area contributed by atoms with Crippen LogP contribution in [0, 0.1) is 0 Å². The van der Waals surface area contributed by atoms with E-state index >= 15 is 0 Å². The number of aryl methyl sites for hydroxylation is 1. The highest BCUT2D eigenvalue weighted by Gasteiger charge is 2.17. The summed E-state index contributed by atoms with van der Waals surface area (Å²) in [6.45, 7) is 1.76. The Hall–Kier alpha value is -1.75. The van der Waals surface area contributed by atoms with Crippen LogP contribution in [0.2, 0.25) is 0 Å². The van der Waals surface area contributed by atoms with Gasteiger partial charge in [0.25, 0.3) is 0 Å². The van der Waals surface area contributed by atoms with Crippen LogP contribution in [0.1, 0.15) is 37.7 Å². The first-order valence-electron chi connectivity index (χ1n) is 7.80. The fourth-order valence-electron chi connectivity index (χ4n) is 3.00. The van der Waals surface area contributed by atoms with E-state index in [2.05, 4.69) is 16.7 Å². The number of carbonyl (C=O) groups is 1. The number of nitrogen functional groups attached to an aromatic ring is 1. The molecule has 3 rings (SSSR count). The lowest BCUT2D eigenvalue weighted by Gasteiger charge is -2.23. The number of hydrogen-bond donors (Lipinski definition) is 3. The van der Waals surface area contributed by atoms with Crippen molar-refractivity contribution in [1.82, 2.24) is 0 Å². The number of nitrogens with one attached hydrogen (secondary N) is 2. The quantitative estimate of drug-likeness (QED) is 0.744. The van der Waals surface area contributed by atoms with Crippen LogP contribution >= 0.6 is 0 Å². The molecule has 5 heteroatoms. The highest BCUT2D eigenvalue weighted by molar-refractivity contribution is 5.95. The maximum Gasteiger partial charge on any atom is 0.224 e. The Bertz CT molecular complexity index is 524. The third-order valence-corrected chi connectivity index (χ3v) is 4.23. The summed E-state index contributed by atoms with van der Waals surface area (Å²) >= 11 is 0. The summed E-state index contributed by atoms with van der Waals surface area (Å²) in [7, 11) is 0. The summed E-state index contributed by atoms with van der Waals surface area (Å²) in [5.41, 5.74) is 9.71. The van der Waals surface area contributed by atoms with Gasteiger partial charge in [-0.05, 0) is 49.8 Å². The van der Waals surface area contributed by atoms with Crippen LogP contribution in [-0.2, 0) is 16.0 Å². The molecule has 1 aromatic rings. The van der Waals surface area contributed by atoms with Gasteiger partial charge in [0, 0.05) is 25.3 Å². The number of anilines is 3. The van der Waals surface area contributed by atoms with E-state index in [4.69, 9.17) is 10.5 Å². The lowest BCUT2D eigenvalue weighted by atomic mass is 10.0. The number of rotatable bonds is 4. The molecule has 0 radical (unpaired) electrons. The zero-order chi connectivity index (χ0) is 14.7. The first kappa shape index (κ1) is 14.2. The Kier molecular flexibility index (Phi) is 4.29. The normalized spacial score (nSPS) is 21.5. The molecular formula is C16H23N3O2. The van der Waals surface area contributed by atoms with Gasteiger partial charge in [-0.25, -0.2) is 0 Å². The molecule has 1 unspecified atom stereocenters. The predicted molar refractivity (Wildman–Crippen MR) is 84.5 cm³/mol. The number of fused-ring (bicyclic) bond motifs is 1. The minimum atomic E-state index is 0.0667. The molecule has 0 spiro atoms. The minimum absolute atomic E-state index is 0.0667. The summed E-state index contributed by atoms with van der Waals surface area (Å²) in [4.78, 5) is 11.4. The summed E-state index contributed by atoms with van der Waals surface area (Å²) < 4.78 is 5.73. The Morgan fingerprint density at radius 3 is 3.05 bits per heavy atom. The molecule has 2 aliphatic heterocycles. The van der Waals surface area contributed by atoms with Gasteiger partial charge >= 0.3 is 0 Å². The first-order valence-corrected chi connectivity index (χ1v) is 7.80. The van der Waals surface area contributed by atoms with Gasteiger partial charge < -0.3 is 21.1 Å². The lowest BCUT2D eigenvalue weighted by molar-refractivity contribution is -0.116. The van der Waals surface area contributed by atoms with Crippen LogP contribution in [0.4, 0.5) is 17.1 Å². The van der Waals surface area contributed by atoms with E-state index in [0.29, 0.717) is 18.2 Å². The van der Waals surface area contributed by atoms with Crippen molar-refractivity contribution in [3.63, 3.8) is 0 Å². The van der Waals surface area contributed by atoms with Gasteiger partial charge in [0.05, 0.1) is 17.5 Å². The van der Waals surface area contributed by atoms with Crippen LogP contribution in [0.15, 0.2) is 12.1 Å². The highest BCUT2D eigenvalue weighted by atomic mass is 16.5. The van der Waals surface area contributed by atoms with Gasteiger partial charge in [0.1, 0.15) is 0 Å². The number of benzene rings is 1. The second-order valence-corrected chi connectivity index (χ2v) is 5.85. The Morgan fingerprint density at radius 1 is 1.33 bits per heavy atom. The molecule has 0 saturated carbocycles.